The summed E-state index contributed by atoms with van der Waals surface area (Å²) < 4.78 is 41.4. The number of piperazine rings is 1. The number of rotatable bonds is 3. The molecule has 0 atom stereocenters. The van der Waals surface area contributed by atoms with Crippen molar-refractivity contribution in [3.8, 4) is 5.82 Å². The lowest BCUT2D eigenvalue weighted by molar-refractivity contribution is -0.136. The van der Waals surface area contributed by atoms with E-state index in [1.54, 1.807) is 11.6 Å². The number of para-hydroxylation sites is 1. The van der Waals surface area contributed by atoms with E-state index in [1.165, 1.54) is 23.1 Å². The molecule has 1 N–H and O–H groups in total. The number of aromatic nitrogens is 4. The molecular formula is C22H24F3N7O. The number of carbonyl (C=O) groups excluding carboxylic acids is 1. The maximum absolute atomic E-state index is 13.2. The third kappa shape index (κ3) is 4.91. The molecular weight excluding hydrogens is 435 g/mol. The summed E-state index contributed by atoms with van der Waals surface area (Å²) in [4.78, 5) is 25.2. The van der Waals surface area contributed by atoms with Gasteiger partial charge in [0.25, 0.3) is 0 Å². The molecule has 3 aromatic rings. The van der Waals surface area contributed by atoms with Gasteiger partial charge in [0.1, 0.15) is 11.6 Å². The Morgan fingerprint density at radius 2 is 1.64 bits per heavy atom. The zero-order chi connectivity index (χ0) is 23.8. The van der Waals surface area contributed by atoms with Crippen molar-refractivity contribution in [2.75, 3.05) is 36.4 Å². The molecule has 2 aromatic heterocycles. The average Bonchev–Trinajstić information content (AvgIpc) is 3.11. The summed E-state index contributed by atoms with van der Waals surface area (Å²) in [7, 11) is 0. The number of amides is 2. The van der Waals surface area contributed by atoms with Crippen LogP contribution in [0, 0.1) is 20.8 Å². The zero-order valence-corrected chi connectivity index (χ0v) is 18.5. The molecule has 1 saturated heterocycles. The van der Waals surface area contributed by atoms with E-state index in [9.17, 15) is 18.0 Å². The third-order valence-electron chi connectivity index (χ3n) is 5.40. The molecule has 0 radical (unpaired) electrons. The Morgan fingerprint density at radius 3 is 2.27 bits per heavy atom. The smallest absolute Gasteiger partial charge is 0.353 e. The SMILES string of the molecule is Cc1cc(C)n(-c2cc(N3CCN(C(=O)Nc4ccccc4C(F)(F)F)CC3)nc(C)n2)n1. The van der Waals surface area contributed by atoms with Crippen LogP contribution in [0.5, 0.6) is 0 Å². The lowest BCUT2D eigenvalue weighted by Gasteiger charge is -2.35. The molecule has 1 fully saturated rings. The van der Waals surface area contributed by atoms with Gasteiger partial charge >= 0.3 is 12.2 Å². The first-order valence-electron chi connectivity index (χ1n) is 10.5. The quantitative estimate of drug-likeness (QED) is 0.642. The second kappa shape index (κ2) is 8.72. The first kappa shape index (κ1) is 22.6. The summed E-state index contributed by atoms with van der Waals surface area (Å²) in [6, 6.07) is 8.20. The molecule has 0 unspecified atom stereocenters. The summed E-state index contributed by atoms with van der Waals surface area (Å²) >= 11 is 0. The number of hydrogen-bond donors (Lipinski definition) is 1. The largest absolute Gasteiger partial charge is 0.418 e. The minimum atomic E-state index is -4.55. The predicted octanol–water partition coefficient (Wildman–Crippen LogP) is 3.96. The Kier molecular flexibility index (Phi) is 5.96. The van der Waals surface area contributed by atoms with E-state index >= 15 is 0 Å². The third-order valence-corrected chi connectivity index (χ3v) is 5.40. The van der Waals surface area contributed by atoms with Crippen LogP contribution in [-0.2, 0) is 6.18 Å². The standard InChI is InChI=1S/C22H24F3N7O/c1-14-12-15(2)32(29-14)20-13-19(26-16(3)27-20)30-8-10-31(11-9-30)21(33)28-18-7-5-4-6-17(18)22(23,24)25/h4-7,12-13H,8-11H2,1-3H3,(H,28,33). The van der Waals surface area contributed by atoms with Gasteiger partial charge < -0.3 is 15.1 Å². The highest BCUT2D eigenvalue weighted by atomic mass is 19.4. The summed E-state index contributed by atoms with van der Waals surface area (Å²) in [5.74, 6) is 1.97. The molecule has 0 aliphatic carbocycles. The van der Waals surface area contributed by atoms with E-state index in [2.05, 4.69) is 20.4 Å². The van der Waals surface area contributed by atoms with Crippen LogP contribution in [0.3, 0.4) is 0 Å². The molecule has 8 nitrogen and oxygen atoms in total. The lowest BCUT2D eigenvalue weighted by Crippen LogP contribution is -2.50. The maximum Gasteiger partial charge on any atom is 0.418 e. The summed E-state index contributed by atoms with van der Waals surface area (Å²) in [5.41, 5.74) is 0.720. The van der Waals surface area contributed by atoms with Crippen molar-refractivity contribution in [3.63, 3.8) is 0 Å². The van der Waals surface area contributed by atoms with Crippen molar-refractivity contribution in [2.24, 2.45) is 0 Å². The van der Waals surface area contributed by atoms with Crippen LogP contribution in [-0.4, -0.2) is 56.9 Å². The number of aryl methyl sites for hydroxylation is 3. The second-order valence-electron chi connectivity index (χ2n) is 7.92. The minimum Gasteiger partial charge on any atom is -0.353 e. The van der Waals surface area contributed by atoms with Gasteiger partial charge in [-0.25, -0.2) is 19.4 Å². The lowest BCUT2D eigenvalue weighted by atomic mass is 10.1. The highest BCUT2D eigenvalue weighted by molar-refractivity contribution is 5.90. The maximum atomic E-state index is 13.2. The van der Waals surface area contributed by atoms with Gasteiger partial charge in [-0.15, -0.1) is 0 Å². The molecule has 2 amide bonds. The topological polar surface area (TPSA) is 79.2 Å². The van der Waals surface area contributed by atoms with Crippen molar-refractivity contribution in [1.82, 2.24) is 24.6 Å². The fourth-order valence-electron chi connectivity index (χ4n) is 3.84. The van der Waals surface area contributed by atoms with Crippen molar-refractivity contribution in [3.05, 3.63) is 59.2 Å². The highest BCUT2D eigenvalue weighted by Gasteiger charge is 2.34. The van der Waals surface area contributed by atoms with Gasteiger partial charge in [-0.3, -0.25) is 0 Å². The Balaban J connectivity index is 1.45. The fraction of sp³-hybridized carbons (Fsp3) is 0.364. The van der Waals surface area contributed by atoms with Crippen molar-refractivity contribution in [2.45, 2.75) is 26.9 Å². The monoisotopic (exact) mass is 459 g/mol. The molecule has 11 heteroatoms. The minimum absolute atomic E-state index is 0.251. The van der Waals surface area contributed by atoms with E-state index in [1.807, 2.05) is 30.9 Å². The van der Waals surface area contributed by atoms with E-state index in [-0.39, 0.29) is 5.69 Å². The summed E-state index contributed by atoms with van der Waals surface area (Å²) in [6.07, 6.45) is -4.55. The first-order chi connectivity index (χ1) is 15.6. The van der Waals surface area contributed by atoms with Gasteiger partial charge in [-0.1, -0.05) is 12.1 Å². The molecule has 0 saturated carbocycles. The average molecular weight is 459 g/mol. The Hall–Kier alpha value is -3.63. The molecule has 0 spiro atoms. The predicted molar refractivity (Wildman–Crippen MR) is 118 cm³/mol. The number of halogens is 3. The fourth-order valence-corrected chi connectivity index (χ4v) is 3.84. The van der Waals surface area contributed by atoms with Crippen molar-refractivity contribution >= 4 is 17.5 Å². The number of nitrogens with one attached hydrogen (secondary N) is 1. The van der Waals surface area contributed by atoms with Gasteiger partial charge in [0.05, 0.1) is 16.9 Å². The van der Waals surface area contributed by atoms with Gasteiger partial charge in [0.15, 0.2) is 5.82 Å². The van der Waals surface area contributed by atoms with Gasteiger partial charge in [-0.2, -0.15) is 18.3 Å². The van der Waals surface area contributed by atoms with Crippen LogP contribution in [0.15, 0.2) is 36.4 Å². The zero-order valence-electron chi connectivity index (χ0n) is 18.5. The summed E-state index contributed by atoms with van der Waals surface area (Å²) in [6.45, 7) is 7.33. The van der Waals surface area contributed by atoms with E-state index in [4.69, 9.17) is 0 Å². The van der Waals surface area contributed by atoms with Crippen LogP contribution in [0.1, 0.15) is 22.8 Å². The number of anilines is 2. The van der Waals surface area contributed by atoms with Crippen LogP contribution in [0.25, 0.3) is 5.82 Å². The number of hydrogen-bond acceptors (Lipinski definition) is 5. The van der Waals surface area contributed by atoms with E-state index in [0.717, 1.165) is 17.5 Å². The molecule has 1 aromatic carbocycles. The first-order valence-corrected chi connectivity index (χ1v) is 10.5. The highest BCUT2D eigenvalue weighted by Crippen LogP contribution is 2.34. The number of urea groups is 1. The summed E-state index contributed by atoms with van der Waals surface area (Å²) in [5, 5.41) is 6.87. The number of nitrogens with zero attached hydrogens (tertiary/aromatic N) is 6. The molecule has 174 valence electrons. The second-order valence-corrected chi connectivity index (χ2v) is 7.92. The molecule has 3 heterocycles. The van der Waals surface area contributed by atoms with Gasteiger partial charge in [0, 0.05) is 37.9 Å². The Morgan fingerprint density at radius 1 is 0.970 bits per heavy atom. The van der Waals surface area contributed by atoms with Crippen molar-refractivity contribution in [1.29, 1.82) is 0 Å². The normalized spacial score (nSPS) is 14.5. The van der Waals surface area contributed by atoms with Crippen LogP contribution in [0.4, 0.5) is 29.5 Å². The molecule has 4 rings (SSSR count). The molecule has 1 aliphatic rings. The van der Waals surface area contributed by atoms with Crippen LogP contribution in [0.2, 0.25) is 0 Å². The molecule has 33 heavy (non-hydrogen) atoms. The van der Waals surface area contributed by atoms with E-state index < -0.39 is 17.8 Å². The van der Waals surface area contributed by atoms with Gasteiger partial charge in [-0.05, 0) is 39.0 Å². The van der Waals surface area contributed by atoms with Crippen molar-refractivity contribution < 1.29 is 18.0 Å². The van der Waals surface area contributed by atoms with Gasteiger partial charge in [0.2, 0.25) is 0 Å². The molecule has 0 bridgehead atoms. The number of benzene rings is 1. The Bertz CT molecular complexity index is 1170. The molecule has 1 aliphatic heterocycles. The van der Waals surface area contributed by atoms with Crippen LogP contribution >= 0.6 is 0 Å². The number of carbonyl (C=O) groups is 1. The Labute approximate surface area is 189 Å². The number of alkyl halides is 3. The van der Waals surface area contributed by atoms with Crippen LogP contribution < -0.4 is 10.2 Å². The van der Waals surface area contributed by atoms with E-state index in [0.29, 0.717) is 43.6 Å².